The quantitative estimate of drug-likeness (QED) is 0.473. The second-order valence-corrected chi connectivity index (χ2v) is 8.11. The Morgan fingerprint density at radius 1 is 1.00 bits per heavy atom. The molecule has 0 aliphatic rings. The first-order valence-electron chi connectivity index (χ1n) is 9.86. The molecule has 3 rings (SSSR count). The van der Waals surface area contributed by atoms with E-state index in [0.717, 1.165) is 53.7 Å². The van der Waals surface area contributed by atoms with Crippen molar-refractivity contribution in [3.05, 3.63) is 79.7 Å². The molecule has 152 valence electrons. The number of nitrogens with one attached hydrogen (secondary N) is 2. The molecule has 6 nitrogen and oxygen atoms in total. The number of aromatic amines is 1. The summed E-state index contributed by atoms with van der Waals surface area (Å²) in [5.41, 5.74) is 5.05. The Bertz CT molecular complexity index is 1000. The molecule has 0 atom stereocenters. The maximum atomic E-state index is 12.3. The molecule has 0 saturated heterocycles. The molecule has 3 aromatic heterocycles. The minimum absolute atomic E-state index is 0.0859. The third kappa shape index (κ3) is 6.49. The van der Waals surface area contributed by atoms with Gasteiger partial charge in [-0.15, -0.1) is 0 Å². The summed E-state index contributed by atoms with van der Waals surface area (Å²) in [6.07, 6.45) is 9.72. The summed E-state index contributed by atoms with van der Waals surface area (Å²) >= 11 is 3.44. The molecule has 0 aliphatic heterocycles. The van der Waals surface area contributed by atoms with Gasteiger partial charge in [-0.1, -0.05) is 6.07 Å². The Kier molecular flexibility index (Phi) is 7.52. The molecule has 0 bridgehead atoms. The van der Waals surface area contributed by atoms with Crippen LogP contribution in [0.3, 0.4) is 0 Å². The van der Waals surface area contributed by atoms with Crippen molar-refractivity contribution in [2.45, 2.75) is 46.0 Å². The van der Waals surface area contributed by atoms with Crippen LogP contribution in [-0.4, -0.2) is 26.5 Å². The normalized spacial score (nSPS) is 10.9. The third-order valence-corrected chi connectivity index (χ3v) is 5.25. The molecular formula is C22H26BrN5O. The van der Waals surface area contributed by atoms with Crippen molar-refractivity contribution in [2.75, 3.05) is 11.9 Å². The average Bonchev–Trinajstić information content (AvgIpc) is 2.70. The van der Waals surface area contributed by atoms with Crippen LogP contribution in [0.5, 0.6) is 0 Å². The van der Waals surface area contributed by atoms with Gasteiger partial charge in [0.25, 0.3) is 5.56 Å². The van der Waals surface area contributed by atoms with Crippen LogP contribution in [-0.2, 0) is 19.3 Å². The Labute approximate surface area is 179 Å². The summed E-state index contributed by atoms with van der Waals surface area (Å²) < 4.78 is 1.01. The topological polar surface area (TPSA) is 83.6 Å². The highest BCUT2D eigenvalue weighted by atomic mass is 79.9. The van der Waals surface area contributed by atoms with Crippen LogP contribution in [0.2, 0.25) is 0 Å². The van der Waals surface area contributed by atoms with Crippen molar-refractivity contribution in [1.29, 1.82) is 0 Å². The van der Waals surface area contributed by atoms with Gasteiger partial charge in [0.1, 0.15) is 0 Å². The zero-order valence-electron chi connectivity index (χ0n) is 16.8. The molecule has 0 radical (unpaired) electrons. The molecule has 0 aliphatic carbocycles. The van der Waals surface area contributed by atoms with E-state index >= 15 is 0 Å². The molecule has 29 heavy (non-hydrogen) atoms. The van der Waals surface area contributed by atoms with Crippen LogP contribution in [0.1, 0.15) is 40.9 Å². The third-order valence-electron chi connectivity index (χ3n) is 4.81. The van der Waals surface area contributed by atoms with Crippen molar-refractivity contribution < 1.29 is 0 Å². The van der Waals surface area contributed by atoms with E-state index in [4.69, 9.17) is 0 Å². The molecule has 0 unspecified atom stereocenters. The molecule has 7 heteroatoms. The van der Waals surface area contributed by atoms with Crippen LogP contribution in [0, 0.1) is 13.8 Å². The van der Waals surface area contributed by atoms with E-state index in [1.54, 1.807) is 6.20 Å². The van der Waals surface area contributed by atoms with Gasteiger partial charge in [0, 0.05) is 46.6 Å². The lowest BCUT2D eigenvalue weighted by Crippen LogP contribution is -2.18. The van der Waals surface area contributed by atoms with Gasteiger partial charge in [-0.2, -0.15) is 0 Å². The van der Waals surface area contributed by atoms with Gasteiger partial charge < -0.3 is 5.32 Å². The zero-order chi connectivity index (χ0) is 20.6. The minimum atomic E-state index is -0.0859. The van der Waals surface area contributed by atoms with E-state index < -0.39 is 0 Å². The van der Waals surface area contributed by atoms with Crippen LogP contribution in [0.15, 0.2) is 46.1 Å². The molecule has 0 fully saturated rings. The Balaban J connectivity index is 1.42. The van der Waals surface area contributed by atoms with Crippen LogP contribution in [0.25, 0.3) is 0 Å². The number of unbranched alkanes of at least 4 members (excludes halogenated alkanes) is 1. The van der Waals surface area contributed by atoms with Gasteiger partial charge in [0.2, 0.25) is 5.95 Å². The highest BCUT2D eigenvalue weighted by Gasteiger charge is 2.05. The summed E-state index contributed by atoms with van der Waals surface area (Å²) in [5.74, 6) is 0.522. The van der Waals surface area contributed by atoms with Crippen molar-refractivity contribution in [1.82, 2.24) is 19.9 Å². The lowest BCUT2D eigenvalue weighted by Gasteiger charge is -2.08. The maximum Gasteiger partial charge on any atom is 0.255 e. The highest BCUT2D eigenvalue weighted by Crippen LogP contribution is 2.14. The molecule has 0 aromatic carbocycles. The standard InChI is InChI=1S/C22H26BrN5O/c1-15-11-19(23)14-26-20(15)5-3-4-10-24-22-27-13-18(21(29)28-22)9-8-17-7-6-16(2)25-12-17/h6-7,11-14H,3-5,8-10H2,1-2H3,(H2,24,27,28,29). The Hall–Kier alpha value is -2.54. The van der Waals surface area contributed by atoms with Crippen molar-refractivity contribution in [3.63, 3.8) is 0 Å². The summed E-state index contributed by atoms with van der Waals surface area (Å²) in [5, 5.41) is 3.20. The van der Waals surface area contributed by atoms with Gasteiger partial charge in [-0.25, -0.2) is 4.98 Å². The SMILES string of the molecule is Cc1ccc(CCc2cnc(NCCCCc3ncc(Br)cc3C)[nH]c2=O)cn1. The second-order valence-electron chi connectivity index (χ2n) is 7.20. The lowest BCUT2D eigenvalue weighted by atomic mass is 10.1. The summed E-state index contributed by atoms with van der Waals surface area (Å²) in [6, 6.07) is 6.12. The largest absolute Gasteiger partial charge is 0.356 e. The van der Waals surface area contributed by atoms with Crippen LogP contribution >= 0.6 is 15.9 Å². The Morgan fingerprint density at radius 3 is 2.59 bits per heavy atom. The number of halogens is 1. The number of pyridine rings is 2. The lowest BCUT2D eigenvalue weighted by molar-refractivity contribution is 0.740. The minimum Gasteiger partial charge on any atom is -0.356 e. The van der Waals surface area contributed by atoms with Gasteiger partial charge in [0.15, 0.2) is 0 Å². The van der Waals surface area contributed by atoms with Crippen LogP contribution < -0.4 is 10.9 Å². The number of aryl methyl sites for hydroxylation is 5. The molecule has 3 heterocycles. The number of rotatable bonds is 9. The number of nitrogens with zero attached hydrogens (tertiary/aromatic N) is 3. The first kappa shape index (κ1) is 21.2. The summed E-state index contributed by atoms with van der Waals surface area (Å²) in [7, 11) is 0. The zero-order valence-corrected chi connectivity index (χ0v) is 18.4. The first-order valence-corrected chi connectivity index (χ1v) is 10.6. The number of hydrogen-bond acceptors (Lipinski definition) is 5. The molecular weight excluding hydrogens is 430 g/mol. The number of aromatic nitrogens is 4. The van der Waals surface area contributed by atoms with Crippen molar-refractivity contribution in [3.8, 4) is 0 Å². The fourth-order valence-electron chi connectivity index (χ4n) is 3.07. The molecule has 0 amide bonds. The summed E-state index contributed by atoms with van der Waals surface area (Å²) in [6.45, 7) is 4.80. The van der Waals surface area contributed by atoms with Gasteiger partial charge in [0.05, 0.1) is 0 Å². The molecule has 2 N–H and O–H groups in total. The first-order chi connectivity index (χ1) is 14.0. The van der Waals surface area contributed by atoms with E-state index in [0.29, 0.717) is 17.9 Å². The number of H-pyrrole nitrogens is 1. The molecule has 0 spiro atoms. The Morgan fingerprint density at radius 2 is 1.86 bits per heavy atom. The predicted molar refractivity (Wildman–Crippen MR) is 119 cm³/mol. The highest BCUT2D eigenvalue weighted by molar-refractivity contribution is 9.10. The van der Waals surface area contributed by atoms with E-state index in [9.17, 15) is 4.79 Å². The maximum absolute atomic E-state index is 12.3. The van der Waals surface area contributed by atoms with Crippen molar-refractivity contribution >= 4 is 21.9 Å². The fourth-order valence-corrected chi connectivity index (χ4v) is 3.51. The van der Waals surface area contributed by atoms with E-state index in [1.165, 1.54) is 5.56 Å². The molecule has 0 saturated carbocycles. The monoisotopic (exact) mass is 455 g/mol. The van der Waals surface area contributed by atoms with E-state index in [1.807, 2.05) is 31.5 Å². The number of hydrogen-bond donors (Lipinski definition) is 2. The fraction of sp³-hybridized carbons (Fsp3) is 0.364. The van der Waals surface area contributed by atoms with E-state index in [-0.39, 0.29) is 5.56 Å². The smallest absolute Gasteiger partial charge is 0.255 e. The number of anilines is 1. The summed E-state index contributed by atoms with van der Waals surface area (Å²) in [4.78, 5) is 28.2. The van der Waals surface area contributed by atoms with Gasteiger partial charge >= 0.3 is 0 Å². The van der Waals surface area contributed by atoms with Crippen molar-refractivity contribution in [2.24, 2.45) is 0 Å². The predicted octanol–water partition coefficient (Wildman–Crippen LogP) is 4.16. The van der Waals surface area contributed by atoms with Crippen LogP contribution in [0.4, 0.5) is 5.95 Å². The average molecular weight is 456 g/mol. The van der Waals surface area contributed by atoms with Gasteiger partial charge in [-0.3, -0.25) is 19.7 Å². The van der Waals surface area contributed by atoms with E-state index in [2.05, 4.69) is 54.2 Å². The molecule has 3 aromatic rings. The van der Waals surface area contributed by atoms with Gasteiger partial charge in [-0.05, 0) is 85.1 Å². The second kappa shape index (κ2) is 10.3.